The Morgan fingerprint density at radius 1 is 1.28 bits per heavy atom. The fourth-order valence-electron chi connectivity index (χ4n) is 1.26. The molecule has 9 heteroatoms. The monoisotopic (exact) mass is 274 g/mol. The molecule has 1 aromatic heterocycles. The minimum Gasteiger partial charge on any atom is -0.357 e. The van der Waals surface area contributed by atoms with Crippen LogP contribution >= 0.6 is 0 Å². The molecule has 0 aromatic carbocycles. The number of rotatable bonds is 4. The molecule has 0 aliphatic carbocycles. The molecule has 0 bridgehead atoms. The van der Waals surface area contributed by atoms with Gasteiger partial charge in [0, 0.05) is 40.5 Å². The Bertz CT molecular complexity index is 568. The molecule has 18 heavy (non-hydrogen) atoms. The Labute approximate surface area is 105 Å². The molecule has 0 spiro atoms. The summed E-state index contributed by atoms with van der Waals surface area (Å²) in [6.45, 7) is 0. The minimum absolute atomic E-state index is 0.109. The summed E-state index contributed by atoms with van der Waals surface area (Å²) in [7, 11) is 2.15. The van der Waals surface area contributed by atoms with Gasteiger partial charge in [-0.1, -0.05) is 0 Å². The summed E-state index contributed by atoms with van der Waals surface area (Å²) in [6.07, 6.45) is 1.11. The number of aromatic nitrogens is 1. The van der Waals surface area contributed by atoms with Crippen LogP contribution in [0.3, 0.4) is 0 Å². The zero-order valence-electron chi connectivity index (χ0n) is 10.5. The normalized spacial score (nSPS) is 11.6. The third-order valence-electron chi connectivity index (χ3n) is 2.22. The molecule has 0 unspecified atom stereocenters. The number of anilines is 1. The second-order valence-electron chi connectivity index (χ2n) is 3.95. The van der Waals surface area contributed by atoms with E-state index in [2.05, 4.69) is 4.98 Å². The van der Waals surface area contributed by atoms with Gasteiger partial charge in [0.2, 0.25) is 15.8 Å². The smallest absolute Gasteiger partial charge is 0.312 e. The molecule has 0 amide bonds. The first-order valence-corrected chi connectivity index (χ1v) is 6.36. The second kappa shape index (κ2) is 4.86. The van der Waals surface area contributed by atoms with Crippen molar-refractivity contribution in [2.24, 2.45) is 0 Å². The molecule has 0 saturated carbocycles. The third kappa shape index (κ3) is 2.57. The lowest BCUT2D eigenvalue weighted by Crippen LogP contribution is -2.23. The van der Waals surface area contributed by atoms with Crippen LogP contribution in [0.2, 0.25) is 0 Å². The van der Waals surface area contributed by atoms with Crippen LogP contribution < -0.4 is 4.90 Å². The molecular formula is C9H14N4O4S. The maximum absolute atomic E-state index is 11.8. The average Bonchev–Trinajstić information content (AvgIpc) is 2.27. The van der Waals surface area contributed by atoms with Crippen molar-refractivity contribution < 1.29 is 13.3 Å². The Morgan fingerprint density at radius 2 is 1.83 bits per heavy atom. The highest BCUT2D eigenvalue weighted by molar-refractivity contribution is 7.89. The van der Waals surface area contributed by atoms with E-state index in [-0.39, 0.29) is 16.4 Å². The molecule has 8 nitrogen and oxygen atoms in total. The predicted molar refractivity (Wildman–Crippen MR) is 66.1 cm³/mol. The first kappa shape index (κ1) is 14.3. The summed E-state index contributed by atoms with van der Waals surface area (Å²) >= 11 is 0. The van der Waals surface area contributed by atoms with E-state index in [0.29, 0.717) is 0 Å². The van der Waals surface area contributed by atoms with Crippen LogP contribution in [0.4, 0.5) is 11.5 Å². The number of sulfonamides is 1. The fraction of sp³-hybridized carbons (Fsp3) is 0.444. The maximum atomic E-state index is 11.8. The van der Waals surface area contributed by atoms with Gasteiger partial charge in [0.15, 0.2) is 0 Å². The number of nitro groups is 1. The van der Waals surface area contributed by atoms with E-state index in [1.54, 1.807) is 14.1 Å². The Morgan fingerprint density at radius 3 is 2.22 bits per heavy atom. The van der Waals surface area contributed by atoms with Gasteiger partial charge in [-0.2, -0.15) is 0 Å². The Balaban J connectivity index is 3.46. The van der Waals surface area contributed by atoms with Crippen LogP contribution in [0.1, 0.15) is 0 Å². The van der Waals surface area contributed by atoms with Crippen LogP contribution in [0.25, 0.3) is 0 Å². The Hall–Kier alpha value is -1.74. The van der Waals surface area contributed by atoms with E-state index in [0.717, 1.165) is 16.6 Å². The Kier molecular flexibility index (Phi) is 3.87. The van der Waals surface area contributed by atoms with Gasteiger partial charge in [-0.25, -0.2) is 17.7 Å². The van der Waals surface area contributed by atoms with E-state index in [4.69, 9.17) is 0 Å². The molecule has 0 aliphatic rings. The van der Waals surface area contributed by atoms with Crippen LogP contribution in [0.5, 0.6) is 0 Å². The van der Waals surface area contributed by atoms with Crippen LogP contribution in [-0.4, -0.2) is 50.8 Å². The standard InChI is InChI=1S/C9H14N4O4S/c1-11(2)9-8(13(14)15)5-7(6-10-9)18(16,17)12(3)4/h5-6H,1-4H3. The molecule has 0 atom stereocenters. The number of pyridine rings is 1. The lowest BCUT2D eigenvalue weighted by molar-refractivity contribution is -0.384. The first-order valence-electron chi connectivity index (χ1n) is 4.92. The molecule has 1 aromatic rings. The third-order valence-corrected chi connectivity index (χ3v) is 4.00. The summed E-state index contributed by atoms with van der Waals surface area (Å²) in [4.78, 5) is 15.3. The zero-order chi connectivity index (χ0) is 14.1. The van der Waals surface area contributed by atoms with Gasteiger partial charge in [0.05, 0.1) is 4.92 Å². The van der Waals surface area contributed by atoms with Crippen molar-refractivity contribution in [3.63, 3.8) is 0 Å². The summed E-state index contributed by atoms with van der Waals surface area (Å²) in [5.41, 5.74) is -0.345. The SMILES string of the molecule is CN(C)c1ncc(S(=O)(=O)N(C)C)cc1[N+](=O)[O-]. The summed E-state index contributed by atoms with van der Waals surface area (Å²) in [5.74, 6) is 0.109. The largest absolute Gasteiger partial charge is 0.357 e. The summed E-state index contributed by atoms with van der Waals surface area (Å²) < 4.78 is 24.7. The topological polar surface area (TPSA) is 96.7 Å². The van der Waals surface area contributed by atoms with Crippen molar-refractivity contribution in [1.29, 1.82) is 0 Å². The van der Waals surface area contributed by atoms with Gasteiger partial charge < -0.3 is 4.90 Å². The zero-order valence-corrected chi connectivity index (χ0v) is 11.3. The maximum Gasteiger partial charge on any atom is 0.312 e. The average molecular weight is 274 g/mol. The van der Waals surface area contributed by atoms with Crippen molar-refractivity contribution in [2.75, 3.05) is 33.1 Å². The molecular weight excluding hydrogens is 260 g/mol. The van der Waals surface area contributed by atoms with Crippen LogP contribution in [0.15, 0.2) is 17.2 Å². The van der Waals surface area contributed by atoms with E-state index in [1.807, 2.05) is 0 Å². The summed E-state index contributed by atoms with van der Waals surface area (Å²) in [5, 5.41) is 10.9. The highest BCUT2D eigenvalue weighted by atomic mass is 32.2. The number of hydrogen-bond acceptors (Lipinski definition) is 6. The van der Waals surface area contributed by atoms with Crippen molar-refractivity contribution in [3.05, 3.63) is 22.4 Å². The van der Waals surface area contributed by atoms with Crippen LogP contribution in [-0.2, 0) is 10.0 Å². The molecule has 0 aliphatic heterocycles. The predicted octanol–water partition coefficient (Wildman–Crippen LogP) is 0.306. The van der Waals surface area contributed by atoms with E-state index in [9.17, 15) is 18.5 Å². The van der Waals surface area contributed by atoms with Crippen LogP contribution in [0, 0.1) is 10.1 Å². The van der Waals surface area contributed by atoms with Gasteiger partial charge in [-0.3, -0.25) is 10.1 Å². The van der Waals surface area contributed by atoms with Crippen molar-refractivity contribution in [3.8, 4) is 0 Å². The lowest BCUT2D eigenvalue weighted by Gasteiger charge is -2.14. The minimum atomic E-state index is -3.73. The molecule has 100 valence electrons. The number of nitrogens with zero attached hydrogens (tertiary/aromatic N) is 4. The molecule has 1 rings (SSSR count). The highest BCUT2D eigenvalue weighted by Crippen LogP contribution is 2.27. The van der Waals surface area contributed by atoms with Gasteiger partial charge in [-0.15, -0.1) is 0 Å². The van der Waals surface area contributed by atoms with E-state index >= 15 is 0 Å². The van der Waals surface area contributed by atoms with Gasteiger partial charge in [0.1, 0.15) is 4.90 Å². The van der Waals surface area contributed by atoms with Gasteiger partial charge in [0.25, 0.3) is 0 Å². The summed E-state index contributed by atoms with van der Waals surface area (Å²) in [6, 6.07) is 1.01. The van der Waals surface area contributed by atoms with Crippen molar-refractivity contribution in [2.45, 2.75) is 4.90 Å². The van der Waals surface area contributed by atoms with E-state index in [1.165, 1.54) is 19.0 Å². The second-order valence-corrected chi connectivity index (χ2v) is 6.10. The molecule has 0 N–H and O–H groups in total. The fourth-order valence-corrected chi connectivity index (χ4v) is 2.13. The molecule has 0 saturated heterocycles. The molecule has 0 fully saturated rings. The highest BCUT2D eigenvalue weighted by Gasteiger charge is 2.24. The van der Waals surface area contributed by atoms with Gasteiger partial charge >= 0.3 is 5.69 Å². The van der Waals surface area contributed by atoms with Crippen molar-refractivity contribution in [1.82, 2.24) is 9.29 Å². The first-order chi connectivity index (χ1) is 8.17. The molecule has 1 heterocycles. The lowest BCUT2D eigenvalue weighted by atomic mass is 10.4. The van der Waals surface area contributed by atoms with Crippen molar-refractivity contribution >= 4 is 21.5 Å². The molecule has 0 radical (unpaired) electrons. The quantitative estimate of drug-likeness (QED) is 0.579. The van der Waals surface area contributed by atoms with E-state index < -0.39 is 14.9 Å². The number of hydrogen-bond donors (Lipinski definition) is 0. The van der Waals surface area contributed by atoms with Gasteiger partial charge in [-0.05, 0) is 0 Å².